The fraction of sp³-hybridized carbons (Fsp3) is 0.500. The number of rotatable bonds is 5. The number of nitrogens with zero attached hydrogens (tertiary/aromatic N) is 1. The van der Waals surface area contributed by atoms with Gasteiger partial charge in [0.05, 0.1) is 12.8 Å². The van der Waals surface area contributed by atoms with E-state index in [1.165, 1.54) is 0 Å². The van der Waals surface area contributed by atoms with Crippen molar-refractivity contribution in [2.45, 2.75) is 19.8 Å². The third-order valence-corrected chi connectivity index (χ3v) is 1.78. The second-order valence-corrected chi connectivity index (χ2v) is 2.83. The number of ether oxygens (including phenoxy) is 1. The summed E-state index contributed by atoms with van der Waals surface area (Å²) in [4.78, 5) is 4.22. The molecule has 1 rings (SSSR count). The van der Waals surface area contributed by atoms with Crippen molar-refractivity contribution < 1.29 is 4.74 Å². The van der Waals surface area contributed by atoms with Gasteiger partial charge in [-0.25, -0.2) is 0 Å². The zero-order valence-electron chi connectivity index (χ0n) is 7.99. The summed E-state index contributed by atoms with van der Waals surface area (Å²) >= 11 is 0. The Labute approximate surface area is 78.9 Å². The molecule has 0 fully saturated rings. The number of hydrogen-bond donors (Lipinski definition) is 1. The summed E-state index contributed by atoms with van der Waals surface area (Å²) in [6, 6.07) is 3.93. The Kier molecular flexibility index (Phi) is 4.26. The van der Waals surface area contributed by atoms with Crippen LogP contribution in [0.1, 0.15) is 19.0 Å². The average Bonchev–Trinajstić information content (AvgIpc) is 2.19. The molecular weight excluding hydrogens is 164 g/mol. The van der Waals surface area contributed by atoms with Crippen LogP contribution in [-0.2, 0) is 6.42 Å². The van der Waals surface area contributed by atoms with Gasteiger partial charge in [-0.3, -0.25) is 4.98 Å². The molecule has 0 aliphatic carbocycles. The van der Waals surface area contributed by atoms with E-state index in [0.29, 0.717) is 13.2 Å². The van der Waals surface area contributed by atoms with E-state index in [9.17, 15) is 0 Å². The molecule has 1 heterocycles. The van der Waals surface area contributed by atoms with E-state index in [-0.39, 0.29) is 0 Å². The van der Waals surface area contributed by atoms with Gasteiger partial charge in [0.15, 0.2) is 0 Å². The summed E-state index contributed by atoms with van der Waals surface area (Å²) in [7, 11) is 0. The summed E-state index contributed by atoms with van der Waals surface area (Å²) in [6.07, 6.45) is 3.61. The summed E-state index contributed by atoms with van der Waals surface area (Å²) in [5.41, 5.74) is 6.43. The topological polar surface area (TPSA) is 48.1 Å². The van der Waals surface area contributed by atoms with Crippen molar-refractivity contribution >= 4 is 0 Å². The largest absolute Gasteiger partial charge is 0.492 e. The van der Waals surface area contributed by atoms with E-state index in [1.54, 1.807) is 6.20 Å². The lowest BCUT2D eigenvalue weighted by Gasteiger charge is -2.04. The molecule has 0 saturated heterocycles. The number of pyridine rings is 1. The maximum Gasteiger partial charge on any atom is 0.137 e. The molecule has 0 radical (unpaired) electrons. The lowest BCUT2D eigenvalue weighted by molar-refractivity contribution is 0.312. The minimum atomic E-state index is 0.667. The molecule has 0 unspecified atom stereocenters. The van der Waals surface area contributed by atoms with Gasteiger partial charge in [0.25, 0.3) is 0 Å². The molecule has 0 amide bonds. The van der Waals surface area contributed by atoms with Gasteiger partial charge in [-0.05, 0) is 31.5 Å². The van der Waals surface area contributed by atoms with Crippen LogP contribution < -0.4 is 10.5 Å². The van der Waals surface area contributed by atoms with Gasteiger partial charge in [0, 0.05) is 5.69 Å². The average molecular weight is 180 g/mol. The molecule has 0 aliphatic rings. The first-order valence-electron chi connectivity index (χ1n) is 4.64. The molecule has 0 spiro atoms. The predicted octanol–water partition coefficient (Wildman–Crippen LogP) is 1.37. The Balaban J connectivity index is 2.40. The van der Waals surface area contributed by atoms with Gasteiger partial charge in [-0.1, -0.05) is 6.92 Å². The SMILES string of the molecule is CCc1ccc(OCCCN)cn1. The number of hydrogen-bond acceptors (Lipinski definition) is 3. The van der Waals surface area contributed by atoms with Crippen LogP contribution in [0.5, 0.6) is 5.75 Å². The summed E-state index contributed by atoms with van der Waals surface area (Å²) < 4.78 is 5.40. The van der Waals surface area contributed by atoms with Gasteiger partial charge in [-0.2, -0.15) is 0 Å². The minimum Gasteiger partial charge on any atom is -0.492 e. The Bertz CT molecular complexity index is 233. The fourth-order valence-corrected chi connectivity index (χ4v) is 0.979. The highest BCUT2D eigenvalue weighted by Gasteiger charge is 1.94. The molecule has 0 atom stereocenters. The first kappa shape index (κ1) is 9.99. The normalized spacial score (nSPS) is 10.0. The first-order chi connectivity index (χ1) is 6.36. The van der Waals surface area contributed by atoms with Crippen LogP contribution in [0.4, 0.5) is 0 Å². The Morgan fingerprint density at radius 1 is 1.46 bits per heavy atom. The van der Waals surface area contributed by atoms with Gasteiger partial charge in [-0.15, -0.1) is 0 Å². The number of aryl methyl sites for hydroxylation is 1. The molecular formula is C10H16N2O. The number of aromatic nitrogens is 1. The van der Waals surface area contributed by atoms with Crippen LogP contribution in [0.2, 0.25) is 0 Å². The van der Waals surface area contributed by atoms with Gasteiger partial charge >= 0.3 is 0 Å². The Hall–Kier alpha value is -1.09. The molecule has 0 saturated carbocycles. The lowest BCUT2D eigenvalue weighted by atomic mass is 10.3. The molecule has 0 bridgehead atoms. The summed E-state index contributed by atoms with van der Waals surface area (Å²) in [6.45, 7) is 3.42. The standard InChI is InChI=1S/C10H16N2O/c1-2-9-4-5-10(8-12-9)13-7-3-6-11/h4-5,8H,2-3,6-7,11H2,1H3. The van der Waals surface area contributed by atoms with Crippen LogP contribution in [0.3, 0.4) is 0 Å². The number of nitrogens with two attached hydrogens (primary N) is 1. The van der Waals surface area contributed by atoms with E-state index in [4.69, 9.17) is 10.5 Å². The lowest BCUT2D eigenvalue weighted by Crippen LogP contribution is -2.06. The maximum absolute atomic E-state index is 5.40. The Morgan fingerprint density at radius 3 is 2.85 bits per heavy atom. The third-order valence-electron chi connectivity index (χ3n) is 1.78. The van der Waals surface area contributed by atoms with Crippen molar-refractivity contribution in [3.05, 3.63) is 24.0 Å². The highest BCUT2D eigenvalue weighted by atomic mass is 16.5. The van der Waals surface area contributed by atoms with Crippen molar-refractivity contribution in [3.8, 4) is 5.75 Å². The van der Waals surface area contributed by atoms with E-state index >= 15 is 0 Å². The fourth-order valence-electron chi connectivity index (χ4n) is 0.979. The van der Waals surface area contributed by atoms with Crippen LogP contribution in [-0.4, -0.2) is 18.1 Å². The van der Waals surface area contributed by atoms with E-state index in [0.717, 1.165) is 24.3 Å². The second kappa shape index (κ2) is 5.54. The maximum atomic E-state index is 5.40. The van der Waals surface area contributed by atoms with Crippen molar-refractivity contribution in [2.75, 3.05) is 13.2 Å². The Morgan fingerprint density at radius 2 is 2.31 bits per heavy atom. The minimum absolute atomic E-state index is 0.667. The highest BCUT2D eigenvalue weighted by Crippen LogP contribution is 2.09. The predicted molar refractivity (Wildman–Crippen MR) is 52.8 cm³/mol. The smallest absolute Gasteiger partial charge is 0.137 e. The van der Waals surface area contributed by atoms with E-state index in [2.05, 4.69) is 11.9 Å². The zero-order valence-corrected chi connectivity index (χ0v) is 7.99. The quantitative estimate of drug-likeness (QED) is 0.696. The van der Waals surface area contributed by atoms with Crippen molar-refractivity contribution in [3.63, 3.8) is 0 Å². The molecule has 1 aromatic rings. The van der Waals surface area contributed by atoms with Gasteiger partial charge < -0.3 is 10.5 Å². The molecule has 3 nitrogen and oxygen atoms in total. The van der Waals surface area contributed by atoms with Crippen LogP contribution >= 0.6 is 0 Å². The van der Waals surface area contributed by atoms with Crippen molar-refractivity contribution in [2.24, 2.45) is 5.73 Å². The molecule has 2 N–H and O–H groups in total. The van der Waals surface area contributed by atoms with E-state index in [1.807, 2.05) is 12.1 Å². The van der Waals surface area contributed by atoms with Crippen LogP contribution in [0.15, 0.2) is 18.3 Å². The van der Waals surface area contributed by atoms with Crippen LogP contribution in [0.25, 0.3) is 0 Å². The van der Waals surface area contributed by atoms with Crippen molar-refractivity contribution in [1.29, 1.82) is 0 Å². The molecule has 3 heteroatoms. The third kappa shape index (κ3) is 3.42. The molecule has 0 aromatic carbocycles. The molecule has 1 aromatic heterocycles. The summed E-state index contributed by atoms with van der Waals surface area (Å²) in [5, 5.41) is 0. The summed E-state index contributed by atoms with van der Waals surface area (Å²) in [5.74, 6) is 0.825. The molecule has 72 valence electrons. The first-order valence-corrected chi connectivity index (χ1v) is 4.64. The molecule has 13 heavy (non-hydrogen) atoms. The van der Waals surface area contributed by atoms with Gasteiger partial charge in [0.2, 0.25) is 0 Å². The van der Waals surface area contributed by atoms with Gasteiger partial charge in [0.1, 0.15) is 5.75 Å². The van der Waals surface area contributed by atoms with E-state index < -0.39 is 0 Å². The monoisotopic (exact) mass is 180 g/mol. The zero-order chi connectivity index (χ0) is 9.52. The van der Waals surface area contributed by atoms with Crippen LogP contribution in [0, 0.1) is 0 Å². The molecule has 0 aliphatic heterocycles. The van der Waals surface area contributed by atoms with Crippen molar-refractivity contribution in [1.82, 2.24) is 4.98 Å². The second-order valence-electron chi connectivity index (χ2n) is 2.83. The highest BCUT2D eigenvalue weighted by molar-refractivity contribution is 5.19.